The Morgan fingerprint density at radius 1 is 1.33 bits per heavy atom. The van der Waals surface area contributed by atoms with Gasteiger partial charge in [-0.15, -0.1) is 0 Å². The van der Waals surface area contributed by atoms with E-state index in [2.05, 4.69) is 11.8 Å². The largest absolute Gasteiger partial charge is 0.368 e. The van der Waals surface area contributed by atoms with Gasteiger partial charge in [-0.05, 0) is 26.2 Å². The molecule has 0 bridgehead atoms. The number of carbonyl (C=O) groups excluding carboxylic acids is 1. The number of amides is 1. The molecule has 0 radical (unpaired) electrons. The molecular weight excluding hydrogens is 230 g/mol. The van der Waals surface area contributed by atoms with E-state index in [4.69, 9.17) is 10.5 Å². The number of rotatable bonds is 3. The van der Waals surface area contributed by atoms with Crippen LogP contribution in [0.1, 0.15) is 26.2 Å². The lowest BCUT2D eigenvalue weighted by molar-refractivity contribution is -0.148. The highest BCUT2D eigenvalue weighted by Gasteiger charge is 2.29. The Balaban J connectivity index is 1.79. The van der Waals surface area contributed by atoms with Crippen molar-refractivity contribution in [2.24, 2.45) is 5.73 Å². The van der Waals surface area contributed by atoms with Crippen LogP contribution in [0.4, 0.5) is 0 Å². The molecule has 104 valence electrons. The lowest BCUT2D eigenvalue weighted by Gasteiger charge is -2.39. The predicted octanol–water partition coefficient (Wildman–Crippen LogP) is 0.0469. The van der Waals surface area contributed by atoms with Gasteiger partial charge in [-0.2, -0.15) is 0 Å². The summed E-state index contributed by atoms with van der Waals surface area (Å²) in [7, 11) is 0. The molecule has 0 saturated carbocycles. The first-order valence-electron chi connectivity index (χ1n) is 7.07. The summed E-state index contributed by atoms with van der Waals surface area (Å²) in [6.07, 6.45) is 2.90. The van der Waals surface area contributed by atoms with Crippen LogP contribution >= 0.6 is 0 Å². The van der Waals surface area contributed by atoms with E-state index in [1.807, 2.05) is 4.90 Å². The van der Waals surface area contributed by atoms with Gasteiger partial charge in [0.1, 0.15) is 6.10 Å². The Hall–Kier alpha value is -0.650. The highest BCUT2D eigenvalue weighted by Crippen LogP contribution is 2.16. The van der Waals surface area contributed by atoms with Gasteiger partial charge >= 0.3 is 0 Å². The molecule has 2 unspecified atom stereocenters. The quantitative estimate of drug-likeness (QED) is 0.774. The van der Waals surface area contributed by atoms with E-state index in [0.717, 1.165) is 52.0 Å². The monoisotopic (exact) mass is 255 g/mol. The second-order valence-corrected chi connectivity index (χ2v) is 5.30. The van der Waals surface area contributed by atoms with E-state index in [0.29, 0.717) is 12.6 Å². The molecule has 5 nitrogen and oxygen atoms in total. The van der Waals surface area contributed by atoms with Gasteiger partial charge in [-0.1, -0.05) is 0 Å². The van der Waals surface area contributed by atoms with Gasteiger partial charge in [0.25, 0.3) is 5.91 Å². The first-order valence-corrected chi connectivity index (χ1v) is 7.07. The maximum absolute atomic E-state index is 12.3. The predicted molar refractivity (Wildman–Crippen MR) is 70.3 cm³/mol. The number of hydrogen-bond donors (Lipinski definition) is 1. The minimum absolute atomic E-state index is 0.183. The third-order valence-electron chi connectivity index (χ3n) is 4.05. The Morgan fingerprint density at radius 3 is 2.61 bits per heavy atom. The van der Waals surface area contributed by atoms with Crippen LogP contribution in [0.15, 0.2) is 0 Å². The van der Waals surface area contributed by atoms with Crippen molar-refractivity contribution in [2.45, 2.75) is 38.3 Å². The number of ether oxygens (including phenoxy) is 1. The van der Waals surface area contributed by atoms with Crippen molar-refractivity contribution in [1.29, 1.82) is 0 Å². The third kappa shape index (κ3) is 3.22. The Kier molecular flexibility index (Phi) is 4.97. The molecule has 2 N–H and O–H groups in total. The van der Waals surface area contributed by atoms with Crippen LogP contribution in [0.2, 0.25) is 0 Å². The van der Waals surface area contributed by atoms with E-state index in [-0.39, 0.29) is 12.0 Å². The number of carbonyl (C=O) groups is 1. The highest BCUT2D eigenvalue weighted by molar-refractivity contribution is 5.81. The van der Waals surface area contributed by atoms with E-state index in [9.17, 15) is 4.79 Å². The van der Waals surface area contributed by atoms with Gasteiger partial charge in [0.05, 0.1) is 0 Å². The maximum atomic E-state index is 12.3. The number of hydrogen-bond acceptors (Lipinski definition) is 4. The van der Waals surface area contributed by atoms with Gasteiger partial charge in [-0.3, -0.25) is 9.69 Å². The van der Waals surface area contributed by atoms with Crippen molar-refractivity contribution in [2.75, 3.05) is 39.3 Å². The van der Waals surface area contributed by atoms with Gasteiger partial charge in [0.15, 0.2) is 0 Å². The molecule has 5 heteroatoms. The average molecular weight is 255 g/mol. The molecule has 0 aromatic carbocycles. The maximum Gasteiger partial charge on any atom is 0.251 e. The third-order valence-corrected chi connectivity index (χ3v) is 4.05. The SMILES string of the molecule is CC(CN)N1CCN(C(=O)C2CCCCO2)CC1. The van der Waals surface area contributed by atoms with E-state index >= 15 is 0 Å². The molecule has 1 amide bonds. The molecule has 2 heterocycles. The molecule has 0 aromatic rings. The molecule has 2 saturated heterocycles. The van der Waals surface area contributed by atoms with Crippen LogP contribution < -0.4 is 5.73 Å². The zero-order valence-electron chi connectivity index (χ0n) is 11.3. The fourth-order valence-corrected chi connectivity index (χ4v) is 2.67. The topological polar surface area (TPSA) is 58.8 Å². The average Bonchev–Trinajstić information content (AvgIpc) is 2.47. The molecule has 0 aliphatic carbocycles. The smallest absolute Gasteiger partial charge is 0.251 e. The van der Waals surface area contributed by atoms with Gasteiger partial charge in [-0.25, -0.2) is 0 Å². The van der Waals surface area contributed by atoms with Crippen LogP contribution in [0.25, 0.3) is 0 Å². The van der Waals surface area contributed by atoms with E-state index in [1.54, 1.807) is 0 Å². The first kappa shape index (κ1) is 13.8. The Labute approximate surface area is 109 Å². The molecule has 2 aliphatic heterocycles. The van der Waals surface area contributed by atoms with Crippen molar-refractivity contribution in [1.82, 2.24) is 9.80 Å². The lowest BCUT2D eigenvalue weighted by atomic mass is 10.1. The summed E-state index contributed by atoms with van der Waals surface area (Å²) < 4.78 is 5.56. The summed E-state index contributed by atoms with van der Waals surface area (Å²) in [5, 5.41) is 0. The normalized spacial score (nSPS) is 28.1. The fraction of sp³-hybridized carbons (Fsp3) is 0.923. The van der Waals surface area contributed by atoms with Gasteiger partial charge in [0.2, 0.25) is 0 Å². The zero-order chi connectivity index (χ0) is 13.0. The van der Waals surface area contributed by atoms with E-state index in [1.165, 1.54) is 0 Å². The van der Waals surface area contributed by atoms with Crippen LogP contribution in [-0.2, 0) is 9.53 Å². The summed E-state index contributed by atoms with van der Waals surface area (Å²) >= 11 is 0. The van der Waals surface area contributed by atoms with Crippen molar-refractivity contribution in [3.63, 3.8) is 0 Å². The summed E-state index contributed by atoms with van der Waals surface area (Å²) in [5.41, 5.74) is 5.67. The minimum Gasteiger partial charge on any atom is -0.368 e. The van der Waals surface area contributed by atoms with Gasteiger partial charge in [0, 0.05) is 45.4 Å². The van der Waals surface area contributed by atoms with Crippen LogP contribution in [0, 0.1) is 0 Å². The molecule has 2 aliphatic rings. The fourth-order valence-electron chi connectivity index (χ4n) is 2.67. The number of piperazine rings is 1. The van der Waals surface area contributed by atoms with Crippen molar-refractivity contribution < 1.29 is 9.53 Å². The van der Waals surface area contributed by atoms with Gasteiger partial charge < -0.3 is 15.4 Å². The second kappa shape index (κ2) is 6.50. The Bertz CT molecular complexity index is 271. The molecule has 0 aromatic heterocycles. The van der Waals surface area contributed by atoms with Crippen LogP contribution in [0.3, 0.4) is 0 Å². The van der Waals surface area contributed by atoms with Crippen molar-refractivity contribution in [3.05, 3.63) is 0 Å². The molecule has 0 spiro atoms. The summed E-state index contributed by atoms with van der Waals surface area (Å²) in [6.45, 7) is 7.03. The molecule has 18 heavy (non-hydrogen) atoms. The zero-order valence-corrected chi connectivity index (χ0v) is 11.3. The highest BCUT2D eigenvalue weighted by atomic mass is 16.5. The number of nitrogens with zero attached hydrogens (tertiary/aromatic N) is 2. The number of nitrogens with two attached hydrogens (primary N) is 1. The second-order valence-electron chi connectivity index (χ2n) is 5.30. The summed E-state index contributed by atoms with van der Waals surface area (Å²) in [6, 6.07) is 0.410. The lowest BCUT2D eigenvalue weighted by Crippen LogP contribution is -2.55. The molecular formula is C13H25N3O2. The first-order chi connectivity index (χ1) is 8.72. The molecule has 2 atom stereocenters. The standard InChI is InChI=1S/C13H25N3O2/c1-11(10-14)15-5-7-16(8-6-15)13(17)12-4-2-3-9-18-12/h11-12H,2-10,14H2,1H3. The van der Waals surface area contributed by atoms with Crippen molar-refractivity contribution in [3.8, 4) is 0 Å². The minimum atomic E-state index is -0.183. The molecule has 2 rings (SSSR count). The van der Waals surface area contributed by atoms with Crippen molar-refractivity contribution >= 4 is 5.91 Å². The summed E-state index contributed by atoms with van der Waals surface area (Å²) in [4.78, 5) is 16.6. The Morgan fingerprint density at radius 2 is 2.06 bits per heavy atom. The molecule has 2 fully saturated rings. The van der Waals surface area contributed by atoms with Crippen LogP contribution in [0.5, 0.6) is 0 Å². The van der Waals surface area contributed by atoms with E-state index < -0.39 is 0 Å². The van der Waals surface area contributed by atoms with Crippen LogP contribution in [-0.4, -0.2) is 67.2 Å². The summed E-state index contributed by atoms with van der Waals surface area (Å²) in [5.74, 6) is 0.190.